The topological polar surface area (TPSA) is 34.1 Å². The Balaban J connectivity index is 2.18. The molecule has 76 valence electrons. The fourth-order valence-corrected chi connectivity index (χ4v) is 7.13. The molecule has 3 rings (SSSR count). The van der Waals surface area contributed by atoms with Gasteiger partial charge >= 0.3 is 0 Å². The van der Waals surface area contributed by atoms with Crippen LogP contribution in [0.15, 0.2) is 22.6 Å². The van der Waals surface area contributed by atoms with E-state index >= 15 is 0 Å². The predicted molar refractivity (Wildman–Crippen MR) is 58.8 cm³/mol. The number of halogens is 1. The molecular weight excluding hydrogens is 240 g/mol. The summed E-state index contributed by atoms with van der Waals surface area (Å²) in [5.41, 5.74) is 0. The molecule has 1 saturated heterocycles. The van der Waals surface area contributed by atoms with Gasteiger partial charge in [0.1, 0.15) is 4.36 Å². The van der Waals surface area contributed by atoms with Crippen molar-refractivity contribution in [2.75, 3.05) is 0 Å². The van der Waals surface area contributed by atoms with Gasteiger partial charge in [-0.05, 0) is 6.92 Å². The number of fused-ring (bicyclic) bond motifs is 5. The molecule has 6 atom stereocenters. The minimum absolute atomic E-state index is 0.0432. The molecule has 0 saturated carbocycles. The third kappa shape index (κ3) is 0.836. The van der Waals surface area contributed by atoms with E-state index in [0.29, 0.717) is 4.36 Å². The van der Waals surface area contributed by atoms with E-state index in [1.165, 1.54) is 0 Å². The van der Waals surface area contributed by atoms with Crippen LogP contribution in [-0.4, -0.2) is 23.7 Å². The van der Waals surface area contributed by atoms with Crippen LogP contribution in [0.25, 0.3) is 0 Å². The maximum absolute atomic E-state index is 12.0. The van der Waals surface area contributed by atoms with Crippen LogP contribution in [0.5, 0.6) is 0 Å². The van der Waals surface area contributed by atoms with Crippen molar-refractivity contribution in [1.29, 1.82) is 0 Å². The smallest absolute Gasteiger partial charge is 0.101 e. The molecule has 0 N–H and O–H groups in total. The first-order chi connectivity index (χ1) is 6.55. The first-order valence-electron chi connectivity index (χ1n) is 4.43. The van der Waals surface area contributed by atoms with Crippen LogP contribution in [0.1, 0.15) is 6.92 Å². The van der Waals surface area contributed by atoms with Crippen molar-refractivity contribution in [3.8, 4) is 0 Å². The van der Waals surface area contributed by atoms with Gasteiger partial charge in [-0.3, -0.25) is 8.42 Å². The molecule has 0 aromatic rings. The van der Waals surface area contributed by atoms with Crippen molar-refractivity contribution in [1.82, 2.24) is 0 Å². The van der Waals surface area contributed by atoms with E-state index in [2.05, 4.69) is 0 Å². The van der Waals surface area contributed by atoms with E-state index < -0.39 is 21.6 Å². The molecule has 3 heterocycles. The Labute approximate surface area is 92.3 Å². The zero-order valence-corrected chi connectivity index (χ0v) is 9.86. The van der Waals surface area contributed by atoms with Crippen LogP contribution < -0.4 is 0 Å². The van der Waals surface area contributed by atoms with E-state index in [1.54, 1.807) is 0 Å². The summed E-state index contributed by atoms with van der Waals surface area (Å²) in [5.74, 6) is 0.103. The number of hydrogen-bond donors (Lipinski definition) is 0. The maximum atomic E-state index is 12.0. The second-order valence-corrected chi connectivity index (χ2v) is 8.29. The molecule has 0 aromatic heterocycles. The lowest BCUT2D eigenvalue weighted by Gasteiger charge is -2.23. The average Bonchev–Trinajstić information content (AvgIpc) is 2.65. The van der Waals surface area contributed by atoms with E-state index in [1.807, 2.05) is 25.2 Å². The molecule has 0 spiro atoms. The SMILES string of the molecule is C[C@]12C=C[C@H]([C@H]3[C@@H]1C=C(Cl)[S@]3=O)S2=O. The normalized spacial score (nSPS) is 59.0. The monoisotopic (exact) mass is 248 g/mol. The molecule has 5 heteroatoms. The van der Waals surface area contributed by atoms with Gasteiger partial charge in [0.05, 0.1) is 26.0 Å². The molecule has 0 amide bonds. The summed E-state index contributed by atoms with van der Waals surface area (Å²) in [6.45, 7) is 1.97. The first-order valence-corrected chi connectivity index (χ1v) is 7.24. The van der Waals surface area contributed by atoms with Crippen LogP contribution in [0.3, 0.4) is 0 Å². The molecule has 0 radical (unpaired) electrons. The van der Waals surface area contributed by atoms with Gasteiger partial charge in [-0.25, -0.2) is 0 Å². The van der Waals surface area contributed by atoms with Crippen molar-refractivity contribution < 1.29 is 8.42 Å². The Morgan fingerprint density at radius 2 is 2.21 bits per heavy atom. The second-order valence-electron chi connectivity index (χ2n) is 4.06. The molecule has 1 unspecified atom stereocenters. The highest BCUT2D eigenvalue weighted by Crippen LogP contribution is 2.53. The van der Waals surface area contributed by atoms with E-state index in [0.717, 1.165) is 0 Å². The third-order valence-electron chi connectivity index (χ3n) is 3.39. The Kier molecular flexibility index (Phi) is 1.73. The maximum Gasteiger partial charge on any atom is 0.101 e. The lowest BCUT2D eigenvalue weighted by atomic mass is 9.85. The molecule has 14 heavy (non-hydrogen) atoms. The van der Waals surface area contributed by atoms with Crippen LogP contribution in [0.2, 0.25) is 0 Å². The fraction of sp³-hybridized carbons (Fsp3) is 0.556. The Morgan fingerprint density at radius 1 is 1.50 bits per heavy atom. The summed E-state index contributed by atoms with van der Waals surface area (Å²) in [7, 11) is -2.06. The Hall–Kier alpha value is 0.0700. The van der Waals surface area contributed by atoms with Gasteiger partial charge in [0.2, 0.25) is 0 Å². The largest absolute Gasteiger partial charge is 0.258 e. The van der Waals surface area contributed by atoms with Gasteiger partial charge in [0, 0.05) is 16.7 Å². The summed E-state index contributed by atoms with van der Waals surface area (Å²) in [6.07, 6.45) is 5.78. The predicted octanol–water partition coefficient (Wildman–Crippen LogP) is 1.27. The standard InChI is InChI=1S/C9H9ClO2S2/c1-9-3-2-6(14(9)12)8-5(9)4-7(10)13(8)11/h2-6,8H,1H3/t5-,6+,8+,9-,13+,14?/m0/s1. The van der Waals surface area contributed by atoms with Crippen LogP contribution in [0.4, 0.5) is 0 Å². The van der Waals surface area contributed by atoms with Gasteiger partial charge in [-0.1, -0.05) is 29.8 Å². The highest BCUT2D eigenvalue weighted by Gasteiger charge is 2.62. The fourth-order valence-electron chi connectivity index (χ4n) is 2.58. The lowest BCUT2D eigenvalue weighted by molar-refractivity contribution is 0.545. The van der Waals surface area contributed by atoms with Crippen LogP contribution in [-0.2, 0) is 21.6 Å². The average molecular weight is 249 g/mol. The summed E-state index contributed by atoms with van der Waals surface area (Å²) < 4.78 is 23.9. The zero-order chi connectivity index (χ0) is 10.1. The summed E-state index contributed by atoms with van der Waals surface area (Å²) in [6, 6.07) is 0. The minimum Gasteiger partial charge on any atom is -0.258 e. The zero-order valence-electron chi connectivity index (χ0n) is 7.48. The van der Waals surface area contributed by atoms with Crippen molar-refractivity contribution in [2.24, 2.45) is 5.92 Å². The van der Waals surface area contributed by atoms with Crippen molar-refractivity contribution >= 4 is 33.2 Å². The Morgan fingerprint density at radius 3 is 2.86 bits per heavy atom. The van der Waals surface area contributed by atoms with E-state index in [4.69, 9.17) is 11.6 Å². The number of hydrogen-bond acceptors (Lipinski definition) is 2. The molecule has 1 fully saturated rings. The highest BCUT2D eigenvalue weighted by atomic mass is 35.5. The molecule has 3 aliphatic rings. The van der Waals surface area contributed by atoms with E-state index in [9.17, 15) is 8.42 Å². The molecule has 2 nitrogen and oxygen atoms in total. The van der Waals surface area contributed by atoms with Crippen molar-refractivity contribution in [3.63, 3.8) is 0 Å². The summed E-state index contributed by atoms with van der Waals surface area (Å²) in [5, 5.41) is -0.100. The summed E-state index contributed by atoms with van der Waals surface area (Å²) >= 11 is 5.87. The first kappa shape index (κ1) is 9.31. The quantitative estimate of drug-likeness (QED) is 0.605. The molecular formula is C9H9ClO2S2. The lowest BCUT2D eigenvalue weighted by Crippen LogP contribution is -2.33. The second kappa shape index (κ2) is 2.60. The molecule has 2 bridgehead atoms. The molecule has 0 aliphatic carbocycles. The highest BCUT2D eigenvalue weighted by molar-refractivity contribution is 7.95. The molecule has 0 aromatic carbocycles. The van der Waals surface area contributed by atoms with Gasteiger partial charge in [-0.2, -0.15) is 0 Å². The van der Waals surface area contributed by atoms with Crippen LogP contribution >= 0.6 is 11.6 Å². The van der Waals surface area contributed by atoms with Gasteiger partial charge in [0.15, 0.2) is 0 Å². The Bertz CT molecular complexity index is 429. The third-order valence-corrected chi connectivity index (χ3v) is 7.96. The van der Waals surface area contributed by atoms with E-state index in [-0.39, 0.29) is 21.2 Å². The molecule has 3 aliphatic heterocycles. The van der Waals surface area contributed by atoms with Gasteiger partial charge < -0.3 is 0 Å². The van der Waals surface area contributed by atoms with Crippen molar-refractivity contribution in [3.05, 3.63) is 22.6 Å². The van der Waals surface area contributed by atoms with Crippen LogP contribution in [0, 0.1) is 5.92 Å². The summed E-state index contributed by atoms with van der Waals surface area (Å²) in [4.78, 5) is 0. The van der Waals surface area contributed by atoms with Gasteiger partial charge in [0.25, 0.3) is 0 Å². The number of allylic oxidation sites excluding steroid dienone is 1. The minimum atomic E-state index is -1.14. The number of rotatable bonds is 0. The van der Waals surface area contributed by atoms with Crippen molar-refractivity contribution in [2.45, 2.75) is 22.2 Å². The van der Waals surface area contributed by atoms with Gasteiger partial charge in [-0.15, -0.1) is 0 Å².